The summed E-state index contributed by atoms with van der Waals surface area (Å²) in [6, 6.07) is 1.87. The Morgan fingerprint density at radius 3 is 2.44 bits per heavy atom. The molecule has 0 aliphatic heterocycles. The van der Waals surface area contributed by atoms with Crippen LogP contribution >= 0.6 is 23.2 Å². The summed E-state index contributed by atoms with van der Waals surface area (Å²) < 4.78 is 37.4. The summed E-state index contributed by atoms with van der Waals surface area (Å²) >= 11 is 11.6. The van der Waals surface area contributed by atoms with Crippen molar-refractivity contribution >= 4 is 29.0 Å². The van der Waals surface area contributed by atoms with E-state index in [1.54, 1.807) is 7.05 Å². The molecule has 0 aliphatic carbocycles. The van der Waals surface area contributed by atoms with Crippen LogP contribution in [0.3, 0.4) is 0 Å². The molecule has 1 unspecified atom stereocenters. The van der Waals surface area contributed by atoms with Crippen molar-refractivity contribution in [1.82, 2.24) is 9.97 Å². The molecule has 2 rings (SSSR count). The largest absolute Gasteiger partial charge is 0.485 e. The number of nitrogens with one attached hydrogen (secondary N) is 1. The number of ether oxygens (including phenoxy) is 2. The van der Waals surface area contributed by atoms with Crippen LogP contribution in [-0.2, 0) is 4.74 Å². The van der Waals surface area contributed by atoms with E-state index >= 15 is 0 Å². The number of benzene rings is 1. The number of hydrogen-bond donors (Lipinski definition) is 1. The van der Waals surface area contributed by atoms with Gasteiger partial charge in [-0.15, -0.1) is 0 Å². The third-order valence-electron chi connectivity index (χ3n) is 3.02. The van der Waals surface area contributed by atoms with E-state index in [9.17, 15) is 8.78 Å². The number of aromatic nitrogens is 2. The van der Waals surface area contributed by atoms with Crippen molar-refractivity contribution in [3.05, 3.63) is 45.8 Å². The highest BCUT2D eigenvalue weighted by Crippen LogP contribution is 2.29. The van der Waals surface area contributed by atoms with Gasteiger partial charge in [-0.05, 0) is 23.7 Å². The van der Waals surface area contributed by atoms with Crippen molar-refractivity contribution in [1.29, 1.82) is 0 Å². The molecular weight excluding hydrogens is 375 g/mol. The quantitative estimate of drug-likeness (QED) is 0.558. The molecule has 0 aliphatic rings. The van der Waals surface area contributed by atoms with E-state index in [0.29, 0.717) is 11.6 Å². The maximum Gasteiger partial charge on any atom is 0.224 e. The van der Waals surface area contributed by atoms with Crippen molar-refractivity contribution in [2.75, 3.05) is 26.1 Å². The molecule has 9 heteroatoms. The minimum absolute atomic E-state index is 0.0129. The highest BCUT2D eigenvalue weighted by molar-refractivity contribution is 6.31. The molecule has 0 bridgehead atoms. The van der Waals surface area contributed by atoms with E-state index in [2.05, 4.69) is 15.3 Å². The molecule has 138 valence electrons. The molecule has 1 aromatic heterocycles. The predicted octanol–water partition coefficient (Wildman–Crippen LogP) is 4.90. The number of anilines is 1. The number of hydrogen-bond acceptors (Lipinski definition) is 5. The molecular formula is C16H19Cl2F2N3O2. The van der Waals surface area contributed by atoms with Crippen LogP contribution in [0.25, 0.3) is 0 Å². The summed E-state index contributed by atoms with van der Waals surface area (Å²) in [4.78, 5) is 7.77. The normalized spacial score (nSPS) is 11.4. The van der Waals surface area contributed by atoms with Crippen LogP contribution in [0.4, 0.5) is 14.6 Å². The molecule has 0 fully saturated rings. The lowest BCUT2D eigenvalue weighted by atomic mass is 10.1. The third-order valence-corrected chi connectivity index (χ3v) is 3.53. The molecule has 0 amide bonds. The minimum Gasteiger partial charge on any atom is -0.485 e. The zero-order chi connectivity index (χ0) is 19.0. The molecule has 0 spiro atoms. The van der Waals surface area contributed by atoms with E-state index in [0.717, 1.165) is 12.1 Å². The van der Waals surface area contributed by atoms with Crippen LogP contribution in [0.2, 0.25) is 10.3 Å². The van der Waals surface area contributed by atoms with Crippen LogP contribution in [0.15, 0.2) is 18.3 Å². The Morgan fingerprint density at radius 1 is 1.20 bits per heavy atom. The fourth-order valence-corrected chi connectivity index (χ4v) is 2.27. The topological polar surface area (TPSA) is 56.3 Å². The van der Waals surface area contributed by atoms with E-state index in [4.69, 9.17) is 32.7 Å². The fourth-order valence-electron chi connectivity index (χ4n) is 1.87. The lowest BCUT2D eigenvalue weighted by Gasteiger charge is -2.19. The van der Waals surface area contributed by atoms with Crippen LogP contribution in [0.5, 0.6) is 5.75 Å². The summed E-state index contributed by atoms with van der Waals surface area (Å²) in [6.45, 7) is 3.99. The van der Waals surface area contributed by atoms with Crippen molar-refractivity contribution < 1.29 is 18.3 Å². The van der Waals surface area contributed by atoms with Gasteiger partial charge in [-0.25, -0.2) is 13.8 Å². The second-order valence-corrected chi connectivity index (χ2v) is 5.17. The van der Waals surface area contributed by atoms with Crippen molar-refractivity contribution in [3.63, 3.8) is 0 Å². The summed E-state index contributed by atoms with van der Waals surface area (Å²) in [6.07, 6.45) is 0.679. The summed E-state index contributed by atoms with van der Waals surface area (Å²) in [5, 5.41) is 2.91. The summed E-state index contributed by atoms with van der Waals surface area (Å²) in [5.41, 5.74) is 0.272. The first-order chi connectivity index (χ1) is 12.0. The predicted molar refractivity (Wildman–Crippen MR) is 94.5 cm³/mol. The first kappa shape index (κ1) is 21.3. The van der Waals surface area contributed by atoms with Gasteiger partial charge in [-0.1, -0.05) is 25.4 Å². The maximum absolute atomic E-state index is 13.4. The van der Waals surface area contributed by atoms with Crippen LogP contribution in [-0.4, -0.2) is 30.7 Å². The van der Waals surface area contributed by atoms with E-state index in [1.807, 2.05) is 13.8 Å². The molecule has 5 nitrogen and oxygen atoms in total. The van der Waals surface area contributed by atoms with Gasteiger partial charge >= 0.3 is 0 Å². The van der Waals surface area contributed by atoms with E-state index in [1.165, 1.54) is 13.3 Å². The number of methoxy groups -OCH3 is 1. The lowest BCUT2D eigenvalue weighted by Crippen LogP contribution is -2.14. The number of nitrogens with zero attached hydrogens (tertiary/aromatic N) is 2. The second kappa shape index (κ2) is 10.3. The zero-order valence-corrected chi connectivity index (χ0v) is 15.8. The third kappa shape index (κ3) is 5.66. The second-order valence-electron chi connectivity index (χ2n) is 4.43. The van der Waals surface area contributed by atoms with Gasteiger partial charge in [0.2, 0.25) is 5.28 Å². The Morgan fingerprint density at radius 2 is 1.84 bits per heavy atom. The minimum atomic E-state index is -1.03. The smallest absolute Gasteiger partial charge is 0.224 e. The van der Waals surface area contributed by atoms with Gasteiger partial charge in [0.1, 0.15) is 12.7 Å². The van der Waals surface area contributed by atoms with Gasteiger partial charge in [0.25, 0.3) is 0 Å². The lowest BCUT2D eigenvalue weighted by molar-refractivity contribution is 0.0574. The van der Waals surface area contributed by atoms with Crippen LogP contribution < -0.4 is 10.1 Å². The van der Waals surface area contributed by atoms with Crippen LogP contribution in [0, 0.1) is 11.6 Å². The van der Waals surface area contributed by atoms with Gasteiger partial charge in [0.15, 0.2) is 23.2 Å². The molecule has 0 saturated heterocycles. The van der Waals surface area contributed by atoms with Crippen molar-refractivity contribution in [3.8, 4) is 5.75 Å². The summed E-state index contributed by atoms with van der Waals surface area (Å²) in [7, 11) is 3.05. The molecule has 1 aromatic carbocycles. The first-order valence-electron chi connectivity index (χ1n) is 7.46. The van der Waals surface area contributed by atoms with Gasteiger partial charge in [0, 0.05) is 24.7 Å². The Balaban J connectivity index is 0.00000151. The molecule has 0 saturated carbocycles. The standard InChI is InChI=1S/C14H13Cl2F2N3O2.C2H6/c1-19-13-11(5-20-14(16)21-13)23-6-12(22-2)7-3-9(17)10(18)4-8(7)15;1-2/h3-5,12H,6H2,1-2H3,(H,19,20,21);1-2H3. The molecule has 2 aromatic rings. The Bertz CT molecular complexity index is 705. The van der Waals surface area contributed by atoms with Gasteiger partial charge in [-0.2, -0.15) is 4.98 Å². The monoisotopic (exact) mass is 393 g/mol. The van der Waals surface area contributed by atoms with Crippen molar-refractivity contribution in [2.45, 2.75) is 20.0 Å². The van der Waals surface area contributed by atoms with Crippen molar-refractivity contribution in [2.24, 2.45) is 0 Å². The van der Waals surface area contributed by atoms with Gasteiger partial charge in [-0.3, -0.25) is 0 Å². The molecule has 1 heterocycles. The average Bonchev–Trinajstić information content (AvgIpc) is 2.62. The average molecular weight is 394 g/mol. The van der Waals surface area contributed by atoms with E-state index in [-0.39, 0.29) is 22.5 Å². The SMILES string of the molecule is CC.CNc1nc(Cl)ncc1OCC(OC)c1cc(F)c(F)cc1Cl. The number of halogens is 4. The molecule has 25 heavy (non-hydrogen) atoms. The van der Waals surface area contributed by atoms with Gasteiger partial charge in [0.05, 0.1) is 6.20 Å². The molecule has 1 N–H and O–H groups in total. The first-order valence-corrected chi connectivity index (χ1v) is 8.22. The Labute approximate surface area is 155 Å². The molecule has 1 atom stereocenters. The Hall–Kier alpha value is -1.70. The highest BCUT2D eigenvalue weighted by atomic mass is 35.5. The zero-order valence-electron chi connectivity index (χ0n) is 14.2. The maximum atomic E-state index is 13.4. The highest BCUT2D eigenvalue weighted by Gasteiger charge is 2.19. The van der Waals surface area contributed by atoms with E-state index < -0.39 is 17.7 Å². The summed E-state index contributed by atoms with van der Waals surface area (Å²) in [5.74, 6) is -1.33. The molecule has 0 radical (unpaired) electrons. The number of rotatable bonds is 6. The Kier molecular flexibility index (Phi) is 8.82. The van der Waals surface area contributed by atoms with Crippen LogP contribution in [0.1, 0.15) is 25.5 Å². The fraction of sp³-hybridized carbons (Fsp3) is 0.375. The van der Waals surface area contributed by atoms with Gasteiger partial charge < -0.3 is 14.8 Å².